The van der Waals surface area contributed by atoms with Crippen LogP contribution in [0, 0.1) is 5.92 Å². The van der Waals surface area contributed by atoms with Gasteiger partial charge in [-0.2, -0.15) is 5.10 Å². The van der Waals surface area contributed by atoms with E-state index >= 15 is 0 Å². The van der Waals surface area contributed by atoms with Gasteiger partial charge in [-0.3, -0.25) is 9.59 Å². The third-order valence-electron chi connectivity index (χ3n) is 6.01. The highest BCUT2D eigenvalue weighted by atomic mass is 16.5. The van der Waals surface area contributed by atoms with Crippen LogP contribution in [0.2, 0.25) is 0 Å². The van der Waals surface area contributed by atoms with Crippen molar-refractivity contribution in [3.63, 3.8) is 0 Å². The summed E-state index contributed by atoms with van der Waals surface area (Å²) in [5.74, 6) is 0.962. The van der Waals surface area contributed by atoms with E-state index in [0.29, 0.717) is 49.7 Å². The summed E-state index contributed by atoms with van der Waals surface area (Å²) in [7, 11) is 3.22. The van der Waals surface area contributed by atoms with Crippen LogP contribution in [-0.4, -0.2) is 60.5 Å². The number of hydrogen-bond donors (Lipinski definition) is 0. The van der Waals surface area contributed by atoms with Crippen LogP contribution >= 0.6 is 0 Å². The zero-order valence-electron chi connectivity index (χ0n) is 19.7. The van der Waals surface area contributed by atoms with E-state index in [4.69, 9.17) is 19.3 Å². The van der Waals surface area contributed by atoms with Crippen LogP contribution in [-0.2, 0) is 9.53 Å². The van der Waals surface area contributed by atoms with E-state index < -0.39 is 0 Å². The molecule has 0 bridgehead atoms. The molecule has 8 heteroatoms. The quantitative estimate of drug-likeness (QED) is 0.493. The molecule has 0 spiro atoms. The van der Waals surface area contributed by atoms with E-state index in [1.807, 2.05) is 48.5 Å². The largest absolute Gasteiger partial charge is 0.497 e. The molecule has 1 saturated heterocycles. The van der Waals surface area contributed by atoms with Gasteiger partial charge in [-0.15, -0.1) is 0 Å². The summed E-state index contributed by atoms with van der Waals surface area (Å²) in [6.45, 7) is 3.15. The van der Waals surface area contributed by atoms with Crippen LogP contribution in [0.25, 0.3) is 16.9 Å². The van der Waals surface area contributed by atoms with Gasteiger partial charge in [0.2, 0.25) is 0 Å². The Balaban J connectivity index is 1.65. The normalized spacial score (nSPS) is 14.0. The molecule has 0 N–H and O–H groups in total. The molecule has 178 valence electrons. The number of benzene rings is 2. The number of nitrogens with zero attached hydrogens (tertiary/aromatic N) is 3. The summed E-state index contributed by atoms with van der Waals surface area (Å²) in [5.41, 5.74) is 2.72. The van der Waals surface area contributed by atoms with Gasteiger partial charge < -0.3 is 19.1 Å². The second-order valence-corrected chi connectivity index (χ2v) is 8.08. The number of carbonyl (C=O) groups is 2. The molecule has 1 aliphatic heterocycles. The molecule has 0 saturated carbocycles. The molecule has 0 atom stereocenters. The average Bonchev–Trinajstić information content (AvgIpc) is 3.34. The van der Waals surface area contributed by atoms with Gasteiger partial charge in [-0.1, -0.05) is 12.1 Å². The number of ether oxygens (including phenoxy) is 3. The van der Waals surface area contributed by atoms with Crippen LogP contribution in [0.1, 0.15) is 30.3 Å². The van der Waals surface area contributed by atoms with Crippen molar-refractivity contribution in [1.29, 1.82) is 0 Å². The van der Waals surface area contributed by atoms with Gasteiger partial charge in [0, 0.05) is 18.7 Å². The summed E-state index contributed by atoms with van der Waals surface area (Å²) in [6, 6.07) is 16.8. The number of esters is 1. The molecule has 0 aliphatic carbocycles. The van der Waals surface area contributed by atoms with Crippen molar-refractivity contribution in [2.24, 2.45) is 5.92 Å². The fourth-order valence-electron chi connectivity index (χ4n) is 4.12. The average molecular weight is 464 g/mol. The van der Waals surface area contributed by atoms with Crippen molar-refractivity contribution < 1.29 is 23.8 Å². The van der Waals surface area contributed by atoms with E-state index in [2.05, 4.69) is 0 Å². The predicted molar refractivity (Wildman–Crippen MR) is 127 cm³/mol. The molecule has 0 unspecified atom stereocenters. The van der Waals surface area contributed by atoms with Crippen molar-refractivity contribution in [3.8, 4) is 28.4 Å². The van der Waals surface area contributed by atoms with Crippen molar-refractivity contribution in [2.75, 3.05) is 33.9 Å². The molecule has 1 fully saturated rings. The Morgan fingerprint density at radius 2 is 1.68 bits per heavy atom. The van der Waals surface area contributed by atoms with Gasteiger partial charge in [0.15, 0.2) is 0 Å². The first-order valence-corrected chi connectivity index (χ1v) is 11.4. The van der Waals surface area contributed by atoms with E-state index in [1.165, 1.54) is 0 Å². The summed E-state index contributed by atoms with van der Waals surface area (Å²) < 4.78 is 17.4. The van der Waals surface area contributed by atoms with Gasteiger partial charge in [0.05, 0.1) is 38.1 Å². The fourth-order valence-corrected chi connectivity index (χ4v) is 4.12. The third-order valence-corrected chi connectivity index (χ3v) is 6.01. The lowest BCUT2D eigenvalue weighted by molar-refractivity contribution is -0.149. The highest BCUT2D eigenvalue weighted by Crippen LogP contribution is 2.28. The number of rotatable bonds is 7. The highest BCUT2D eigenvalue weighted by molar-refractivity contribution is 5.94. The molecule has 1 aliphatic rings. The predicted octanol–water partition coefficient (Wildman–Crippen LogP) is 3.97. The maximum Gasteiger partial charge on any atom is 0.309 e. The van der Waals surface area contributed by atoms with E-state index in [-0.39, 0.29) is 17.8 Å². The Labute approximate surface area is 199 Å². The van der Waals surface area contributed by atoms with E-state index in [1.54, 1.807) is 36.8 Å². The minimum absolute atomic E-state index is 0.125. The zero-order chi connectivity index (χ0) is 24.1. The molecule has 2 heterocycles. The number of piperidine rings is 1. The van der Waals surface area contributed by atoms with Gasteiger partial charge in [-0.05, 0) is 62.2 Å². The Bertz CT molecular complexity index is 1150. The second-order valence-electron chi connectivity index (χ2n) is 8.08. The van der Waals surface area contributed by atoms with Crippen molar-refractivity contribution in [2.45, 2.75) is 19.8 Å². The summed E-state index contributed by atoms with van der Waals surface area (Å²) in [4.78, 5) is 27.5. The van der Waals surface area contributed by atoms with Crippen LogP contribution in [0.15, 0.2) is 54.6 Å². The molecule has 4 rings (SSSR count). The maximum atomic E-state index is 13.6. The zero-order valence-corrected chi connectivity index (χ0v) is 19.7. The van der Waals surface area contributed by atoms with Crippen molar-refractivity contribution >= 4 is 11.9 Å². The van der Waals surface area contributed by atoms with Crippen LogP contribution in [0.5, 0.6) is 11.5 Å². The third kappa shape index (κ3) is 4.90. The Kier molecular flexibility index (Phi) is 7.15. The van der Waals surface area contributed by atoms with Crippen LogP contribution in [0.4, 0.5) is 0 Å². The minimum atomic E-state index is -0.182. The topological polar surface area (TPSA) is 82.9 Å². The molecule has 3 aromatic rings. The minimum Gasteiger partial charge on any atom is -0.497 e. The first-order valence-electron chi connectivity index (χ1n) is 11.4. The fraction of sp³-hybridized carbons (Fsp3) is 0.346. The number of carbonyl (C=O) groups excluding carboxylic acids is 2. The lowest BCUT2D eigenvalue weighted by Gasteiger charge is -2.30. The number of methoxy groups -OCH3 is 2. The number of hydrogen-bond acceptors (Lipinski definition) is 6. The standard InChI is InChI=1S/C26H29N3O5/c1-4-34-26(31)18-12-14-28(15-13-18)25(30)24-17-23(19-6-5-7-22(16-19)33-3)27-29(24)20-8-10-21(32-2)11-9-20/h5-11,16-18H,4,12-15H2,1-3H3. The smallest absolute Gasteiger partial charge is 0.309 e. The lowest BCUT2D eigenvalue weighted by atomic mass is 9.97. The Morgan fingerprint density at radius 3 is 2.32 bits per heavy atom. The monoisotopic (exact) mass is 463 g/mol. The van der Waals surface area contributed by atoms with Gasteiger partial charge in [0.1, 0.15) is 17.2 Å². The summed E-state index contributed by atoms with van der Waals surface area (Å²) >= 11 is 0. The van der Waals surface area contributed by atoms with E-state index in [0.717, 1.165) is 17.0 Å². The van der Waals surface area contributed by atoms with Crippen LogP contribution < -0.4 is 9.47 Å². The Hall–Kier alpha value is -3.81. The van der Waals surface area contributed by atoms with Crippen molar-refractivity contribution in [1.82, 2.24) is 14.7 Å². The molecule has 34 heavy (non-hydrogen) atoms. The number of amides is 1. The summed E-state index contributed by atoms with van der Waals surface area (Å²) in [5, 5.41) is 4.76. The molecule has 1 amide bonds. The second kappa shape index (κ2) is 10.4. The van der Waals surface area contributed by atoms with Crippen LogP contribution in [0.3, 0.4) is 0 Å². The first kappa shape index (κ1) is 23.4. The molecule has 1 aromatic heterocycles. The molecule has 0 radical (unpaired) electrons. The SMILES string of the molecule is CCOC(=O)C1CCN(C(=O)c2cc(-c3cccc(OC)c3)nn2-c2ccc(OC)cc2)CC1. The molecular formula is C26H29N3O5. The molecular weight excluding hydrogens is 434 g/mol. The van der Waals surface area contributed by atoms with Crippen molar-refractivity contribution in [3.05, 3.63) is 60.3 Å². The van der Waals surface area contributed by atoms with Gasteiger partial charge in [0.25, 0.3) is 5.91 Å². The Morgan fingerprint density at radius 1 is 0.971 bits per heavy atom. The first-order chi connectivity index (χ1) is 16.5. The number of aromatic nitrogens is 2. The highest BCUT2D eigenvalue weighted by Gasteiger charge is 2.30. The molecule has 2 aromatic carbocycles. The number of likely N-dealkylation sites (tertiary alicyclic amines) is 1. The molecule has 8 nitrogen and oxygen atoms in total. The lowest BCUT2D eigenvalue weighted by Crippen LogP contribution is -2.41. The maximum absolute atomic E-state index is 13.6. The van der Waals surface area contributed by atoms with Gasteiger partial charge >= 0.3 is 5.97 Å². The summed E-state index contributed by atoms with van der Waals surface area (Å²) in [6.07, 6.45) is 1.17. The van der Waals surface area contributed by atoms with Gasteiger partial charge in [-0.25, -0.2) is 4.68 Å². The van der Waals surface area contributed by atoms with E-state index in [9.17, 15) is 9.59 Å².